The van der Waals surface area contributed by atoms with Crippen LogP contribution in [0.1, 0.15) is 12.8 Å². The van der Waals surface area contributed by atoms with Gasteiger partial charge in [0.2, 0.25) is 0 Å². The fourth-order valence-corrected chi connectivity index (χ4v) is 2.66. The Kier molecular flexibility index (Phi) is 4.05. The van der Waals surface area contributed by atoms with Crippen LogP contribution in [0.3, 0.4) is 0 Å². The quantitative estimate of drug-likeness (QED) is 0.695. The van der Waals surface area contributed by atoms with E-state index in [0.717, 1.165) is 19.4 Å². The number of carbonyl (C=O) groups excluding carboxylic acids is 1. The molecule has 2 fully saturated rings. The zero-order chi connectivity index (χ0) is 11.5. The summed E-state index contributed by atoms with van der Waals surface area (Å²) in [5.74, 6) is 0.582. The molecule has 2 rings (SSSR count). The van der Waals surface area contributed by atoms with Gasteiger partial charge in [-0.2, -0.15) is 0 Å². The molecular weight excluding hydrogens is 230 g/mol. The minimum absolute atomic E-state index is 0.0257. The van der Waals surface area contributed by atoms with E-state index in [9.17, 15) is 4.79 Å². The zero-order valence-electron chi connectivity index (χ0n) is 9.52. The van der Waals surface area contributed by atoms with Gasteiger partial charge in [-0.15, -0.1) is 11.6 Å². The van der Waals surface area contributed by atoms with E-state index in [4.69, 9.17) is 21.1 Å². The lowest BCUT2D eigenvalue weighted by atomic mass is 9.84. The van der Waals surface area contributed by atoms with Gasteiger partial charge in [-0.25, -0.2) is 0 Å². The third-order valence-corrected chi connectivity index (χ3v) is 3.53. The third-order valence-electron chi connectivity index (χ3n) is 3.18. The van der Waals surface area contributed by atoms with Gasteiger partial charge in [0.05, 0.1) is 19.8 Å². The second kappa shape index (κ2) is 5.34. The van der Waals surface area contributed by atoms with Crippen LogP contribution in [0.4, 0.5) is 0 Å². The van der Waals surface area contributed by atoms with Gasteiger partial charge in [0.25, 0.3) is 5.91 Å². The number of halogens is 1. The topological polar surface area (TPSA) is 38.8 Å². The van der Waals surface area contributed by atoms with Crippen LogP contribution in [0.2, 0.25) is 0 Å². The molecule has 5 heteroatoms. The second-order valence-corrected chi connectivity index (χ2v) is 5.21. The lowest BCUT2D eigenvalue weighted by Gasteiger charge is -2.35. The molecule has 1 atom stereocenters. The van der Waals surface area contributed by atoms with Crippen LogP contribution >= 0.6 is 11.6 Å². The van der Waals surface area contributed by atoms with Gasteiger partial charge in [0, 0.05) is 19.0 Å². The highest BCUT2D eigenvalue weighted by molar-refractivity contribution is 6.21. The van der Waals surface area contributed by atoms with Gasteiger partial charge in [-0.05, 0) is 18.8 Å². The number of ether oxygens (including phenoxy) is 2. The molecule has 0 spiro atoms. The van der Waals surface area contributed by atoms with E-state index in [1.807, 2.05) is 7.05 Å². The normalized spacial score (nSPS) is 34.2. The van der Waals surface area contributed by atoms with Crippen LogP contribution in [0.15, 0.2) is 0 Å². The highest BCUT2D eigenvalue weighted by Crippen LogP contribution is 2.32. The second-order valence-electron chi connectivity index (χ2n) is 4.59. The minimum atomic E-state index is -0.411. The first-order valence-corrected chi connectivity index (χ1v) is 6.19. The highest BCUT2D eigenvalue weighted by atomic mass is 35.5. The van der Waals surface area contributed by atoms with Gasteiger partial charge in [0.15, 0.2) is 6.10 Å². The summed E-state index contributed by atoms with van der Waals surface area (Å²) >= 11 is 5.91. The molecule has 4 nitrogen and oxygen atoms in total. The molecule has 92 valence electrons. The number of rotatable bonds is 3. The maximum atomic E-state index is 11.9. The Bertz CT molecular complexity index is 250. The number of alkyl halides is 1. The first-order valence-electron chi connectivity index (χ1n) is 5.75. The first kappa shape index (κ1) is 12.1. The zero-order valence-corrected chi connectivity index (χ0v) is 10.3. The summed E-state index contributed by atoms with van der Waals surface area (Å²) in [6.07, 6.45) is 1.62. The summed E-state index contributed by atoms with van der Waals surface area (Å²) in [5.41, 5.74) is 0. The third kappa shape index (κ3) is 2.87. The van der Waals surface area contributed by atoms with Crippen molar-refractivity contribution in [2.75, 3.05) is 33.4 Å². The molecule has 0 radical (unpaired) electrons. The summed E-state index contributed by atoms with van der Waals surface area (Å²) in [6, 6.07) is 0. The van der Waals surface area contributed by atoms with Gasteiger partial charge < -0.3 is 14.4 Å². The van der Waals surface area contributed by atoms with Crippen LogP contribution in [-0.2, 0) is 14.3 Å². The maximum absolute atomic E-state index is 11.9. The Hall–Kier alpha value is -0.320. The number of hydrogen-bond acceptors (Lipinski definition) is 3. The smallest absolute Gasteiger partial charge is 0.253 e. The Labute approximate surface area is 101 Å². The molecule has 1 unspecified atom stereocenters. The van der Waals surface area contributed by atoms with E-state index in [-0.39, 0.29) is 5.91 Å². The number of carbonyl (C=O) groups is 1. The predicted octanol–water partition coefficient (Wildman–Crippen LogP) is 0.878. The molecule has 1 aliphatic heterocycles. The Morgan fingerprint density at radius 2 is 2.19 bits per heavy atom. The number of amides is 1. The van der Waals surface area contributed by atoms with Crippen molar-refractivity contribution in [3.05, 3.63) is 0 Å². The van der Waals surface area contributed by atoms with Crippen molar-refractivity contribution in [3.8, 4) is 0 Å². The maximum Gasteiger partial charge on any atom is 0.253 e. The molecule has 0 bridgehead atoms. The lowest BCUT2D eigenvalue weighted by molar-refractivity contribution is -0.157. The Morgan fingerprint density at radius 1 is 1.44 bits per heavy atom. The average molecular weight is 248 g/mol. The Balaban J connectivity index is 1.74. The summed E-state index contributed by atoms with van der Waals surface area (Å²) in [4.78, 5) is 13.7. The number of hydrogen-bond donors (Lipinski definition) is 0. The van der Waals surface area contributed by atoms with Crippen LogP contribution < -0.4 is 0 Å². The van der Waals surface area contributed by atoms with Crippen molar-refractivity contribution >= 4 is 17.5 Å². The van der Waals surface area contributed by atoms with E-state index in [1.165, 1.54) is 0 Å². The van der Waals surface area contributed by atoms with E-state index in [1.54, 1.807) is 4.90 Å². The molecule has 1 heterocycles. The van der Waals surface area contributed by atoms with E-state index >= 15 is 0 Å². The molecule has 16 heavy (non-hydrogen) atoms. The molecule has 1 amide bonds. The van der Waals surface area contributed by atoms with Crippen molar-refractivity contribution in [3.63, 3.8) is 0 Å². The van der Waals surface area contributed by atoms with Crippen molar-refractivity contribution in [2.45, 2.75) is 24.3 Å². The molecule has 0 aromatic carbocycles. The fourth-order valence-electron chi connectivity index (χ4n) is 2.16. The van der Waals surface area contributed by atoms with E-state index < -0.39 is 6.10 Å². The van der Waals surface area contributed by atoms with E-state index in [2.05, 4.69) is 0 Å². The van der Waals surface area contributed by atoms with Gasteiger partial charge >= 0.3 is 0 Å². The molecule has 1 saturated heterocycles. The minimum Gasteiger partial charge on any atom is -0.376 e. The molecule has 1 saturated carbocycles. The van der Waals surface area contributed by atoms with Gasteiger partial charge in [-0.3, -0.25) is 4.79 Å². The molecule has 2 aliphatic rings. The molecule has 0 aromatic rings. The monoisotopic (exact) mass is 247 g/mol. The molecular formula is C11H18ClNO3. The van der Waals surface area contributed by atoms with Crippen molar-refractivity contribution in [1.82, 2.24) is 4.90 Å². The molecule has 0 N–H and O–H groups in total. The van der Waals surface area contributed by atoms with Crippen LogP contribution in [0, 0.1) is 5.92 Å². The summed E-state index contributed by atoms with van der Waals surface area (Å²) in [5, 5.41) is 0.308. The largest absolute Gasteiger partial charge is 0.376 e. The summed E-state index contributed by atoms with van der Waals surface area (Å²) < 4.78 is 10.6. The predicted molar refractivity (Wildman–Crippen MR) is 60.6 cm³/mol. The first-order chi connectivity index (χ1) is 7.66. The van der Waals surface area contributed by atoms with Crippen molar-refractivity contribution in [1.29, 1.82) is 0 Å². The number of likely N-dealkylation sites (N-methyl/N-ethyl adjacent to an activating group) is 1. The van der Waals surface area contributed by atoms with Crippen molar-refractivity contribution < 1.29 is 14.3 Å². The molecule has 0 aromatic heterocycles. The van der Waals surface area contributed by atoms with Crippen LogP contribution in [0.5, 0.6) is 0 Å². The lowest BCUT2D eigenvalue weighted by Crippen LogP contribution is -2.46. The van der Waals surface area contributed by atoms with Crippen LogP contribution in [-0.4, -0.2) is 55.7 Å². The standard InChI is InChI=1S/C11H18ClNO3/c1-13(6-8-4-9(12)5-8)11(14)10-7-15-2-3-16-10/h8-10H,2-7H2,1H3. The average Bonchev–Trinajstić information content (AvgIpc) is 2.27. The van der Waals surface area contributed by atoms with Gasteiger partial charge in [-0.1, -0.05) is 0 Å². The van der Waals surface area contributed by atoms with Crippen LogP contribution in [0.25, 0.3) is 0 Å². The molecule has 1 aliphatic carbocycles. The summed E-state index contributed by atoms with van der Waals surface area (Å²) in [6.45, 7) is 2.26. The SMILES string of the molecule is CN(CC1CC(Cl)C1)C(=O)C1COCCO1. The van der Waals surface area contributed by atoms with Crippen molar-refractivity contribution in [2.24, 2.45) is 5.92 Å². The summed E-state index contributed by atoms with van der Waals surface area (Å²) in [7, 11) is 1.82. The van der Waals surface area contributed by atoms with E-state index in [0.29, 0.717) is 31.1 Å². The highest BCUT2D eigenvalue weighted by Gasteiger charge is 2.31. The Morgan fingerprint density at radius 3 is 2.75 bits per heavy atom. The fraction of sp³-hybridized carbons (Fsp3) is 0.909. The van der Waals surface area contributed by atoms with Gasteiger partial charge in [0.1, 0.15) is 0 Å². The number of nitrogens with zero attached hydrogens (tertiary/aromatic N) is 1.